The Morgan fingerprint density at radius 3 is 2.28 bits per heavy atom. The summed E-state index contributed by atoms with van der Waals surface area (Å²) in [5, 5.41) is 12.6. The van der Waals surface area contributed by atoms with Gasteiger partial charge in [0.05, 0.1) is 18.9 Å². The highest BCUT2D eigenvalue weighted by Gasteiger charge is 2.47. The molecule has 1 amide bonds. The summed E-state index contributed by atoms with van der Waals surface area (Å²) in [4.78, 5) is 17.6. The van der Waals surface area contributed by atoms with E-state index >= 15 is 0 Å². The largest absolute Gasteiger partial charge is 0.496 e. The first-order valence-electron chi connectivity index (χ1n) is 12.9. The highest BCUT2D eigenvalue weighted by Crippen LogP contribution is 2.47. The molecule has 39 heavy (non-hydrogen) atoms. The molecule has 2 unspecified atom stereocenters. The van der Waals surface area contributed by atoms with Crippen molar-refractivity contribution in [2.75, 3.05) is 38.2 Å². The van der Waals surface area contributed by atoms with Gasteiger partial charge in [-0.15, -0.1) is 0 Å². The molecule has 198 valence electrons. The van der Waals surface area contributed by atoms with Gasteiger partial charge in [-0.1, -0.05) is 66.7 Å². The van der Waals surface area contributed by atoms with Crippen LogP contribution in [0.1, 0.15) is 24.0 Å². The van der Waals surface area contributed by atoms with E-state index in [2.05, 4.69) is 6.07 Å². The van der Waals surface area contributed by atoms with Crippen molar-refractivity contribution in [2.24, 2.45) is 5.41 Å². The lowest BCUT2D eigenvalue weighted by Gasteiger charge is -2.41. The number of anilines is 1. The lowest BCUT2D eigenvalue weighted by molar-refractivity contribution is -0.139. The molecular formula is C32H29F2N3O2. The Morgan fingerprint density at radius 1 is 0.897 bits per heavy atom. The van der Waals surface area contributed by atoms with E-state index in [1.807, 2.05) is 66.7 Å². The number of fused-ring (bicyclic) bond motifs is 1. The second kappa shape index (κ2) is 10.7. The summed E-state index contributed by atoms with van der Waals surface area (Å²) in [7, 11) is 1.58. The van der Waals surface area contributed by atoms with Crippen LogP contribution in [0.15, 0.2) is 84.9 Å². The van der Waals surface area contributed by atoms with Crippen LogP contribution in [0.25, 0.3) is 10.8 Å². The average Bonchev–Trinajstić information content (AvgIpc) is 2.98. The number of ether oxygens (including phenoxy) is 1. The number of carbonyl (C=O) groups is 1. The van der Waals surface area contributed by atoms with Crippen molar-refractivity contribution in [3.8, 4) is 11.8 Å². The van der Waals surface area contributed by atoms with Crippen LogP contribution >= 0.6 is 0 Å². The number of carbonyl (C=O) groups excluding carboxylic acids is 1. The molecule has 1 heterocycles. The van der Waals surface area contributed by atoms with Gasteiger partial charge in [0.15, 0.2) is 11.6 Å². The molecule has 2 atom stereocenters. The molecule has 5 rings (SSSR count). The van der Waals surface area contributed by atoms with Crippen LogP contribution in [0.3, 0.4) is 0 Å². The van der Waals surface area contributed by atoms with Crippen LogP contribution in [0, 0.1) is 28.4 Å². The molecule has 7 heteroatoms. The summed E-state index contributed by atoms with van der Waals surface area (Å²) < 4.78 is 33.9. The molecule has 0 N–H and O–H groups in total. The lowest BCUT2D eigenvalue weighted by atomic mass is 9.68. The Kier molecular flexibility index (Phi) is 7.21. The van der Waals surface area contributed by atoms with E-state index in [0.29, 0.717) is 18.8 Å². The number of nitriles is 1. The van der Waals surface area contributed by atoms with Gasteiger partial charge in [0.1, 0.15) is 11.2 Å². The molecule has 1 fully saturated rings. The van der Waals surface area contributed by atoms with Crippen LogP contribution in [0.2, 0.25) is 0 Å². The highest BCUT2D eigenvalue weighted by molar-refractivity contribution is 5.91. The minimum absolute atomic E-state index is 0.174. The molecule has 0 aliphatic carbocycles. The molecule has 4 aromatic carbocycles. The molecule has 0 bridgehead atoms. The van der Waals surface area contributed by atoms with Crippen LogP contribution in [0.4, 0.5) is 14.5 Å². The number of hydrogen-bond acceptors (Lipinski definition) is 4. The zero-order chi connectivity index (χ0) is 27.6. The predicted octanol–water partition coefficient (Wildman–Crippen LogP) is 6.14. The summed E-state index contributed by atoms with van der Waals surface area (Å²) in [5.74, 6) is -2.15. The second-order valence-electron chi connectivity index (χ2n) is 9.91. The maximum Gasteiger partial charge on any atom is 0.243 e. The quantitative estimate of drug-likeness (QED) is 0.304. The normalized spacial score (nSPS) is 15.9. The maximum absolute atomic E-state index is 14.4. The number of para-hydroxylation sites is 1. The molecule has 5 nitrogen and oxygen atoms in total. The molecule has 0 saturated carbocycles. The van der Waals surface area contributed by atoms with Crippen LogP contribution in [-0.4, -0.2) is 44.1 Å². The first-order chi connectivity index (χ1) is 18.9. The van der Waals surface area contributed by atoms with E-state index in [9.17, 15) is 18.8 Å². The van der Waals surface area contributed by atoms with E-state index in [1.165, 1.54) is 12.1 Å². The van der Waals surface area contributed by atoms with Crippen LogP contribution < -0.4 is 9.64 Å². The van der Waals surface area contributed by atoms with Crippen molar-refractivity contribution < 1.29 is 18.3 Å². The SMILES string of the molecule is COc1ccccc1C(c1cccc2ccccc12)C(C)(C#N)C(=O)N1CCN(c2cccc(F)c2F)CC1. The Bertz CT molecular complexity index is 1550. The third kappa shape index (κ3) is 4.67. The molecule has 4 aromatic rings. The first-order valence-corrected chi connectivity index (χ1v) is 12.9. The van der Waals surface area contributed by atoms with Gasteiger partial charge in [-0.25, -0.2) is 8.78 Å². The molecule has 0 spiro atoms. The van der Waals surface area contributed by atoms with Crippen LogP contribution in [0.5, 0.6) is 5.75 Å². The Labute approximate surface area is 226 Å². The van der Waals surface area contributed by atoms with Gasteiger partial charge in [0.2, 0.25) is 5.91 Å². The summed E-state index contributed by atoms with van der Waals surface area (Å²) in [6.07, 6.45) is 0. The average molecular weight is 526 g/mol. The number of nitrogens with zero attached hydrogens (tertiary/aromatic N) is 3. The summed E-state index contributed by atoms with van der Waals surface area (Å²) in [6.45, 7) is 2.88. The zero-order valence-corrected chi connectivity index (χ0v) is 21.9. The van der Waals surface area contributed by atoms with Gasteiger partial charge < -0.3 is 14.5 Å². The highest BCUT2D eigenvalue weighted by atomic mass is 19.2. The second-order valence-corrected chi connectivity index (χ2v) is 9.91. The Hall–Kier alpha value is -4.44. The van der Waals surface area contributed by atoms with Gasteiger partial charge in [0.25, 0.3) is 0 Å². The molecule has 1 aliphatic rings. The van der Waals surface area contributed by atoms with E-state index in [4.69, 9.17) is 4.74 Å². The van der Waals surface area contributed by atoms with Gasteiger partial charge in [0, 0.05) is 37.7 Å². The van der Waals surface area contributed by atoms with Crippen LogP contribution in [-0.2, 0) is 4.79 Å². The molecule has 0 aromatic heterocycles. The Morgan fingerprint density at radius 2 is 1.54 bits per heavy atom. The Balaban J connectivity index is 1.54. The van der Waals surface area contributed by atoms with E-state index < -0.39 is 23.0 Å². The lowest BCUT2D eigenvalue weighted by Crippen LogP contribution is -2.54. The van der Waals surface area contributed by atoms with Crippen molar-refractivity contribution in [1.29, 1.82) is 5.26 Å². The monoisotopic (exact) mass is 525 g/mol. The fraction of sp³-hybridized carbons (Fsp3) is 0.250. The van der Waals surface area contributed by atoms with Crippen molar-refractivity contribution >= 4 is 22.4 Å². The maximum atomic E-state index is 14.4. The molecule has 1 saturated heterocycles. The fourth-order valence-corrected chi connectivity index (χ4v) is 5.65. The van der Waals surface area contributed by atoms with Gasteiger partial charge >= 0.3 is 0 Å². The number of rotatable bonds is 6. The molecule has 1 aliphatic heterocycles. The fourth-order valence-electron chi connectivity index (χ4n) is 5.65. The van der Waals surface area contributed by atoms with Gasteiger partial charge in [-0.05, 0) is 41.5 Å². The smallest absolute Gasteiger partial charge is 0.243 e. The third-order valence-corrected chi connectivity index (χ3v) is 7.68. The number of piperazine rings is 1. The standard InChI is InChI=1S/C32H29F2N3O2/c1-32(21-35,31(38)37-19-17-36(18-20-37)27-15-8-14-26(33)30(27)34)29(25-12-5-6-16-28(25)39-2)24-13-7-10-22-9-3-4-11-23(22)24/h3-16,29H,17-20H2,1-2H3. The minimum Gasteiger partial charge on any atom is -0.496 e. The van der Waals surface area contributed by atoms with Crippen molar-refractivity contribution in [1.82, 2.24) is 4.90 Å². The first kappa shape index (κ1) is 26.2. The van der Waals surface area contributed by atoms with Gasteiger partial charge in [-0.2, -0.15) is 5.26 Å². The van der Waals surface area contributed by atoms with E-state index in [-0.39, 0.29) is 24.7 Å². The van der Waals surface area contributed by atoms with E-state index in [1.54, 1.807) is 23.8 Å². The van der Waals surface area contributed by atoms with Crippen molar-refractivity contribution in [3.05, 3.63) is 108 Å². The number of halogens is 2. The predicted molar refractivity (Wildman–Crippen MR) is 148 cm³/mol. The molecule has 0 radical (unpaired) electrons. The topological polar surface area (TPSA) is 56.6 Å². The summed E-state index contributed by atoms with van der Waals surface area (Å²) in [5.41, 5.74) is 0.294. The van der Waals surface area contributed by atoms with Gasteiger partial charge in [-0.3, -0.25) is 4.79 Å². The third-order valence-electron chi connectivity index (χ3n) is 7.68. The molecular weight excluding hydrogens is 496 g/mol. The summed E-state index contributed by atoms with van der Waals surface area (Å²) >= 11 is 0. The number of benzene rings is 4. The number of hydrogen-bond donors (Lipinski definition) is 0. The zero-order valence-electron chi connectivity index (χ0n) is 21.9. The minimum atomic E-state index is -1.48. The number of amides is 1. The van der Waals surface area contributed by atoms with E-state index in [0.717, 1.165) is 28.0 Å². The van der Waals surface area contributed by atoms with Crippen molar-refractivity contribution in [3.63, 3.8) is 0 Å². The number of methoxy groups -OCH3 is 1. The summed E-state index contributed by atoms with van der Waals surface area (Å²) in [6, 6.07) is 27.8. The van der Waals surface area contributed by atoms with Crippen molar-refractivity contribution in [2.45, 2.75) is 12.8 Å².